The summed E-state index contributed by atoms with van der Waals surface area (Å²) < 4.78 is 0. The average molecular weight is 363 g/mol. The molecule has 5 heteroatoms. The largest absolute Gasteiger partial charge is 0.347 e. The molecule has 0 spiro atoms. The Bertz CT molecular complexity index is 794. The van der Waals surface area contributed by atoms with Gasteiger partial charge in [0.2, 0.25) is 0 Å². The second-order valence-electron chi connectivity index (χ2n) is 7.47. The van der Waals surface area contributed by atoms with E-state index in [1.165, 1.54) is 5.56 Å². The van der Waals surface area contributed by atoms with Crippen molar-refractivity contribution < 1.29 is 9.59 Å². The number of carbonyl (C=O) groups is 2. The lowest BCUT2D eigenvalue weighted by Gasteiger charge is -2.33. The molecule has 2 N–H and O–H groups in total. The molecule has 1 aliphatic heterocycles. The van der Waals surface area contributed by atoms with Crippen LogP contribution >= 0.6 is 0 Å². The van der Waals surface area contributed by atoms with Crippen molar-refractivity contribution >= 4 is 11.9 Å². The van der Waals surface area contributed by atoms with Gasteiger partial charge in [0.15, 0.2) is 0 Å². The van der Waals surface area contributed by atoms with Crippen molar-refractivity contribution in [2.24, 2.45) is 5.92 Å². The van der Waals surface area contributed by atoms with Crippen molar-refractivity contribution in [3.05, 3.63) is 71.8 Å². The molecule has 1 heterocycles. The summed E-state index contributed by atoms with van der Waals surface area (Å²) in [5.41, 5.74) is 1.88. The molecule has 2 aromatic carbocycles. The molecule has 0 aromatic heterocycles. The van der Waals surface area contributed by atoms with Gasteiger partial charge in [-0.1, -0.05) is 48.5 Å². The van der Waals surface area contributed by atoms with Crippen LogP contribution in [0.3, 0.4) is 0 Å². The van der Waals surface area contributed by atoms with Crippen LogP contribution in [-0.4, -0.2) is 42.0 Å². The van der Waals surface area contributed by atoms with Crippen LogP contribution in [0.5, 0.6) is 0 Å². The highest BCUT2D eigenvalue weighted by Gasteiger charge is 2.47. The van der Waals surface area contributed by atoms with Gasteiger partial charge < -0.3 is 15.5 Å². The Labute approximate surface area is 159 Å². The molecule has 0 radical (unpaired) electrons. The van der Waals surface area contributed by atoms with E-state index in [0.29, 0.717) is 18.0 Å². The van der Waals surface area contributed by atoms with Crippen LogP contribution in [0.4, 0.5) is 4.79 Å². The molecule has 5 nitrogen and oxygen atoms in total. The molecule has 4 rings (SSSR count). The molecule has 2 fully saturated rings. The highest BCUT2D eigenvalue weighted by molar-refractivity contribution is 5.94. The Kier molecular flexibility index (Phi) is 5.10. The molecular formula is C22H25N3O2. The lowest BCUT2D eigenvalue weighted by Crippen LogP contribution is -2.54. The summed E-state index contributed by atoms with van der Waals surface area (Å²) in [5.74, 6) is 0.425. The standard InChI is InChI=1S/C22H25N3O2/c26-21(18-9-5-2-6-10-18)24-19-13-17-14-20(19)25(15-17)22(27)23-12-11-16-7-3-1-4-8-16/h1-10,17,19-20H,11-15H2,(H,23,27)(H,24,26). The number of carbonyl (C=O) groups excluding carboxylic acids is 2. The summed E-state index contributed by atoms with van der Waals surface area (Å²) in [4.78, 5) is 27.0. The summed E-state index contributed by atoms with van der Waals surface area (Å²) in [5, 5.41) is 6.17. The Morgan fingerprint density at radius 3 is 2.37 bits per heavy atom. The van der Waals surface area contributed by atoms with E-state index in [1.54, 1.807) is 0 Å². The number of piperidine rings is 1. The molecule has 2 aromatic rings. The van der Waals surface area contributed by atoms with Gasteiger partial charge in [0.25, 0.3) is 5.91 Å². The fourth-order valence-electron chi connectivity index (χ4n) is 4.32. The molecule has 1 saturated carbocycles. The minimum absolute atomic E-state index is 0.0166. The Morgan fingerprint density at radius 2 is 1.67 bits per heavy atom. The minimum atomic E-state index is -0.0578. The van der Waals surface area contributed by atoms with Gasteiger partial charge in [-0.05, 0) is 42.9 Å². The number of hydrogen-bond donors (Lipinski definition) is 2. The zero-order chi connectivity index (χ0) is 18.6. The van der Waals surface area contributed by atoms with Gasteiger partial charge in [0.1, 0.15) is 0 Å². The average Bonchev–Trinajstić information content (AvgIpc) is 3.30. The van der Waals surface area contributed by atoms with Crippen molar-refractivity contribution in [2.45, 2.75) is 31.3 Å². The van der Waals surface area contributed by atoms with Crippen LogP contribution in [0.15, 0.2) is 60.7 Å². The molecule has 3 atom stereocenters. The lowest BCUT2D eigenvalue weighted by atomic mass is 10.1. The number of amides is 3. The Morgan fingerprint density at radius 1 is 0.963 bits per heavy atom. The monoisotopic (exact) mass is 363 g/mol. The number of rotatable bonds is 5. The number of likely N-dealkylation sites (tertiary alicyclic amines) is 1. The molecule has 1 saturated heterocycles. The van der Waals surface area contributed by atoms with E-state index in [2.05, 4.69) is 22.8 Å². The van der Waals surface area contributed by atoms with Crippen LogP contribution in [0.25, 0.3) is 0 Å². The van der Waals surface area contributed by atoms with E-state index in [0.717, 1.165) is 25.8 Å². The van der Waals surface area contributed by atoms with Crippen molar-refractivity contribution in [3.8, 4) is 0 Å². The molecule has 1 aliphatic carbocycles. The summed E-state index contributed by atoms with van der Waals surface area (Å²) in [7, 11) is 0. The number of fused-ring (bicyclic) bond motifs is 2. The van der Waals surface area contributed by atoms with Gasteiger partial charge in [0, 0.05) is 24.7 Å². The zero-order valence-electron chi connectivity index (χ0n) is 15.3. The fourth-order valence-corrected chi connectivity index (χ4v) is 4.32. The summed E-state index contributed by atoms with van der Waals surface area (Å²) in [6.45, 7) is 1.41. The highest BCUT2D eigenvalue weighted by atomic mass is 16.2. The van der Waals surface area contributed by atoms with E-state index in [-0.39, 0.29) is 24.0 Å². The van der Waals surface area contributed by atoms with E-state index in [4.69, 9.17) is 0 Å². The topological polar surface area (TPSA) is 61.4 Å². The van der Waals surface area contributed by atoms with E-state index < -0.39 is 0 Å². The van der Waals surface area contributed by atoms with Gasteiger partial charge in [-0.15, -0.1) is 0 Å². The van der Waals surface area contributed by atoms with E-state index in [1.807, 2.05) is 53.4 Å². The zero-order valence-corrected chi connectivity index (χ0v) is 15.3. The van der Waals surface area contributed by atoms with Crippen LogP contribution in [-0.2, 0) is 6.42 Å². The fraction of sp³-hybridized carbons (Fsp3) is 0.364. The summed E-state index contributed by atoms with van der Waals surface area (Å²) >= 11 is 0. The van der Waals surface area contributed by atoms with Crippen LogP contribution in [0.2, 0.25) is 0 Å². The first-order chi connectivity index (χ1) is 13.2. The summed E-state index contributed by atoms with van der Waals surface area (Å²) in [6.07, 6.45) is 2.76. The maximum absolute atomic E-state index is 12.6. The van der Waals surface area contributed by atoms with E-state index in [9.17, 15) is 9.59 Å². The third kappa shape index (κ3) is 3.97. The Hall–Kier alpha value is -2.82. The van der Waals surface area contributed by atoms with Crippen molar-refractivity contribution in [1.82, 2.24) is 15.5 Å². The maximum atomic E-state index is 12.6. The number of nitrogens with zero attached hydrogens (tertiary/aromatic N) is 1. The van der Waals surface area contributed by atoms with Gasteiger partial charge in [-0.3, -0.25) is 4.79 Å². The molecular weight excluding hydrogens is 338 g/mol. The van der Waals surface area contributed by atoms with Gasteiger partial charge in [0.05, 0.1) is 6.04 Å². The van der Waals surface area contributed by atoms with Crippen LogP contribution < -0.4 is 10.6 Å². The summed E-state index contributed by atoms with van der Waals surface area (Å²) in [6, 6.07) is 19.5. The third-order valence-corrected chi connectivity index (χ3v) is 5.63. The molecule has 3 amide bonds. The number of urea groups is 1. The first-order valence-corrected chi connectivity index (χ1v) is 9.65. The molecule has 3 unspecified atom stereocenters. The van der Waals surface area contributed by atoms with Gasteiger partial charge in [-0.25, -0.2) is 4.79 Å². The first-order valence-electron chi connectivity index (χ1n) is 9.65. The third-order valence-electron chi connectivity index (χ3n) is 5.63. The van der Waals surface area contributed by atoms with Crippen LogP contribution in [0, 0.1) is 5.92 Å². The quantitative estimate of drug-likeness (QED) is 0.858. The predicted octanol–water partition coefficient (Wildman–Crippen LogP) is 2.83. The molecule has 2 bridgehead atoms. The predicted molar refractivity (Wildman–Crippen MR) is 104 cm³/mol. The molecule has 27 heavy (non-hydrogen) atoms. The van der Waals surface area contributed by atoms with E-state index >= 15 is 0 Å². The molecule has 2 aliphatic rings. The maximum Gasteiger partial charge on any atom is 0.317 e. The number of nitrogens with one attached hydrogen (secondary N) is 2. The first kappa shape index (κ1) is 17.6. The smallest absolute Gasteiger partial charge is 0.317 e. The Balaban J connectivity index is 1.31. The molecule has 140 valence electrons. The minimum Gasteiger partial charge on any atom is -0.347 e. The lowest BCUT2D eigenvalue weighted by molar-refractivity contribution is 0.0902. The number of benzene rings is 2. The van der Waals surface area contributed by atoms with Gasteiger partial charge in [-0.2, -0.15) is 0 Å². The van der Waals surface area contributed by atoms with Crippen molar-refractivity contribution in [1.29, 1.82) is 0 Å². The van der Waals surface area contributed by atoms with Crippen LogP contribution in [0.1, 0.15) is 28.8 Å². The second-order valence-corrected chi connectivity index (χ2v) is 7.47. The number of hydrogen-bond acceptors (Lipinski definition) is 2. The van der Waals surface area contributed by atoms with Crippen molar-refractivity contribution in [3.63, 3.8) is 0 Å². The second kappa shape index (κ2) is 7.82. The SMILES string of the molecule is O=C(NC1CC2CC1N(C(=O)NCCc1ccccc1)C2)c1ccccc1. The normalized spacial score (nSPS) is 23.3. The van der Waals surface area contributed by atoms with Crippen molar-refractivity contribution in [2.75, 3.05) is 13.1 Å². The van der Waals surface area contributed by atoms with Gasteiger partial charge >= 0.3 is 6.03 Å². The highest BCUT2D eigenvalue weighted by Crippen LogP contribution is 2.37.